The average molecular weight is 208 g/mol. The highest BCUT2D eigenvalue weighted by Crippen LogP contribution is 2.23. The summed E-state index contributed by atoms with van der Waals surface area (Å²) in [5.41, 5.74) is 2.98. The summed E-state index contributed by atoms with van der Waals surface area (Å²) >= 11 is 0. The average Bonchev–Trinajstić information content (AvgIpc) is 2.21. The van der Waals surface area contributed by atoms with Gasteiger partial charge in [0.2, 0.25) is 0 Å². The van der Waals surface area contributed by atoms with Crippen LogP contribution >= 0.6 is 0 Å². The van der Waals surface area contributed by atoms with Gasteiger partial charge in [0.1, 0.15) is 5.75 Å². The summed E-state index contributed by atoms with van der Waals surface area (Å²) in [6.45, 7) is 7.44. The lowest BCUT2D eigenvalue weighted by atomic mass is 10.1. The molecule has 0 aliphatic carbocycles. The Labute approximate surface area is 91.9 Å². The molecule has 0 aliphatic heterocycles. The third-order valence-corrected chi connectivity index (χ3v) is 2.46. The first kappa shape index (κ1) is 12.1. The Hall–Kier alpha value is -1.02. The van der Waals surface area contributed by atoms with Gasteiger partial charge in [0.15, 0.2) is 0 Å². The molecule has 0 heterocycles. The fourth-order valence-corrected chi connectivity index (χ4v) is 1.57. The molecule has 1 N–H and O–H groups in total. The summed E-state index contributed by atoms with van der Waals surface area (Å²) in [5.74, 6) is 0.396. The second-order valence-electron chi connectivity index (χ2n) is 3.98. The van der Waals surface area contributed by atoms with Gasteiger partial charge in [-0.15, -0.1) is 0 Å². The number of aromatic hydroxyl groups is 1. The molecule has 0 radical (unpaired) electrons. The van der Waals surface area contributed by atoms with Gasteiger partial charge in [-0.3, -0.25) is 0 Å². The van der Waals surface area contributed by atoms with E-state index >= 15 is 0 Å². The van der Waals surface area contributed by atoms with Gasteiger partial charge in [-0.05, 0) is 37.0 Å². The van der Waals surface area contributed by atoms with Crippen LogP contribution in [0.25, 0.3) is 0 Å². The van der Waals surface area contributed by atoms with E-state index < -0.39 is 0 Å². The molecule has 0 aliphatic rings. The predicted octanol–water partition coefficient (Wildman–Crippen LogP) is 3.33. The lowest BCUT2D eigenvalue weighted by Crippen LogP contribution is -1.96. The highest BCUT2D eigenvalue weighted by atomic mass is 16.5. The van der Waals surface area contributed by atoms with Crippen molar-refractivity contribution in [3.8, 4) is 5.75 Å². The predicted molar refractivity (Wildman–Crippen MR) is 62.1 cm³/mol. The molecule has 0 saturated heterocycles. The quantitative estimate of drug-likeness (QED) is 0.752. The third-order valence-electron chi connectivity index (χ3n) is 2.46. The van der Waals surface area contributed by atoms with Crippen molar-refractivity contribution in [1.29, 1.82) is 0 Å². The molecule has 15 heavy (non-hydrogen) atoms. The maximum absolute atomic E-state index is 9.60. The largest absolute Gasteiger partial charge is 0.507 e. The number of benzene rings is 1. The van der Waals surface area contributed by atoms with Gasteiger partial charge < -0.3 is 9.84 Å². The molecule has 2 nitrogen and oxygen atoms in total. The van der Waals surface area contributed by atoms with E-state index in [1.807, 2.05) is 26.0 Å². The lowest BCUT2D eigenvalue weighted by molar-refractivity contribution is 0.118. The van der Waals surface area contributed by atoms with Gasteiger partial charge >= 0.3 is 0 Å². The van der Waals surface area contributed by atoms with Crippen molar-refractivity contribution in [3.05, 3.63) is 28.8 Å². The zero-order chi connectivity index (χ0) is 11.3. The monoisotopic (exact) mass is 208 g/mol. The summed E-state index contributed by atoms with van der Waals surface area (Å²) < 4.78 is 5.53. The number of phenols is 1. The number of hydrogen-bond donors (Lipinski definition) is 1. The first-order valence-corrected chi connectivity index (χ1v) is 5.52. The molecule has 0 fully saturated rings. The highest BCUT2D eigenvalue weighted by molar-refractivity contribution is 5.41. The molecule has 1 aromatic rings. The Kier molecular flexibility index (Phi) is 4.63. The fraction of sp³-hybridized carbons (Fsp3) is 0.538. The van der Waals surface area contributed by atoms with Crippen molar-refractivity contribution in [1.82, 2.24) is 0 Å². The SMILES string of the molecule is CCCCOCc1cc(C)c(O)c(C)c1. The Morgan fingerprint density at radius 3 is 2.33 bits per heavy atom. The molecule has 84 valence electrons. The molecule has 1 rings (SSSR count). The molecule has 0 spiro atoms. The molecule has 0 saturated carbocycles. The van der Waals surface area contributed by atoms with Crippen LogP contribution in [0, 0.1) is 13.8 Å². The standard InChI is InChI=1S/C13H20O2/c1-4-5-6-15-9-12-7-10(2)13(14)11(3)8-12/h7-8,14H,4-6,9H2,1-3H3. The van der Waals surface area contributed by atoms with Gasteiger partial charge in [0.05, 0.1) is 6.61 Å². The van der Waals surface area contributed by atoms with Crippen molar-refractivity contribution in [2.24, 2.45) is 0 Å². The van der Waals surface area contributed by atoms with Crippen molar-refractivity contribution in [3.63, 3.8) is 0 Å². The maximum atomic E-state index is 9.60. The Morgan fingerprint density at radius 1 is 1.20 bits per heavy atom. The highest BCUT2D eigenvalue weighted by Gasteiger charge is 2.03. The van der Waals surface area contributed by atoms with E-state index in [2.05, 4.69) is 6.92 Å². The van der Waals surface area contributed by atoms with Crippen LogP contribution in [0.1, 0.15) is 36.5 Å². The number of ether oxygens (including phenoxy) is 1. The Morgan fingerprint density at radius 2 is 1.80 bits per heavy atom. The van der Waals surface area contributed by atoms with Gasteiger partial charge in [-0.1, -0.05) is 25.5 Å². The van der Waals surface area contributed by atoms with E-state index in [0.717, 1.165) is 36.1 Å². The van der Waals surface area contributed by atoms with Crippen molar-refractivity contribution < 1.29 is 9.84 Å². The molecule has 2 heteroatoms. The summed E-state index contributed by atoms with van der Waals surface area (Å²) in [4.78, 5) is 0. The van der Waals surface area contributed by atoms with Crippen LogP contribution in [0.5, 0.6) is 5.75 Å². The number of rotatable bonds is 5. The molecule has 0 amide bonds. The summed E-state index contributed by atoms with van der Waals surface area (Å²) in [5, 5.41) is 9.60. The molecular weight excluding hydrogens is 188 g/mol. The van der Waals surface area contributed by atoms with E-state index in [9.17, 15) is 5.11 Å². The van der Waals surface area contributed by atoms with Crippen LogP contribution in [0.3, 0.4) is 0 Å². The van der Waals surface area contributed by atoms with Gasteiger partial charge in [-0.25, -0.2) is 0 Å². The summed E-state index contributed by atoms with van der Waals surface area (Å²) in [7, 11) is 0. The first-order valence-electron chi connectivity index (χ1n) is 5.52. The van der Waals surface area contributed by atoms with Crippen molar-refractivity contribution in [2.45, 2.75) is 40.2 Å². The van der Waals surface area contributed by atoms with Crippen LogP contribution in [-0.4, -0.2) is 11.7 Å². The second-order valence-corrected chi connectivity index (χ2v) is 3.98. The van der Waals surface area contributed by atoms with Crippen molar-refractivity contribution in [2.75, 3.05) is 6.61 Å². The molecular formula is C13H20O2. The third kappa shape index (κ3) is 3.56. The van der Waals surface area contributed by atoms with Gasteiger partial charge in [0.25, 0.3) is 0 Å². The van der Waals surface area contributed by atoms with E-state index in [-0.39, 0.29) is 0 Å². The first-order chi connectivity index (χ1) is 7.15. The summed E-state index contributed by atoms with van der Waals surface area (Å²) in [6, 6.07) is 3.96. The fourth-order valence-electron chi connectivity index (χ4n) is 1.57. The normalized spacial score (nSPS) is 10.6. The molecule has 0 unspecified atom stereocenters. The smallest absolute Gasteiger partial charge is 0.121 e. The Balaban J connectivity index is 2.55. The van der Waals surface area contributed by atoms with E-state index in [1.165, 1.54) is 0 Å². The van der Waals surface area contributed by atoms with Crippen LogP contribution < -0.4 is 0 Å². The number of unbranched alkanes of at least 4 members (excludes halogenated alkanes) is 1. The summed E-state index contributed by atoms with van der Waals surface area (Å²) in [6.07, 6.45) is 2.27. The minimum atomic E-state index is 0.396. The van der Waals surface area contributed by atoms with Crippen LogP contribution in [0.4, 0.5) is 0 Å². The van der Waals surface area contributed by atoms with Gasteiger partial charge in [-0.2, -0.15) is 0 Å². The number of aryl methyl sites for hydroxylation is 2. The zero-order valence-electron chi connectivity index (χ0n) is 9.84. The van der Waals surface area contributed by atoms with Crippen LogP contribution in [-0.2, 0) is 11.3 Å². The van der Waals surface area contributed by atoms with E-state index in [1.54, 1.807) is 0 Å². The molecule has 1 aromatic carbocycles. The number of hydrogen-bond acceptors (Lipinski definition) is 2. The van der Waals surface area contributed by atoms with Crippen LogP contribution in [0.2, 0.25) is 0 Å². The minimum absolute atomic E-state index is 0.396. The van der Waals surface area contributed by atoms with E-state index in [4.69, 9.17) is 4.74 Å². The number of phenolic OH excluding ortho intramolecular Hbond substituents is 1. The molecule has 0 atom stereocenters. The Bertz CT molecular complexity index is 295. The topological polar surface area (TPSA) is 29.5 Å². The van der Waals surface area contributed by atoms with Crippen molar-refractivity contribution >= 4 is 0 Å². The second kappa shape index (κ2) is 5.76. The maximum Gasteiger partial charge on any atom is 0.121 e. The zero-order valence-corrected chi connectivity index (χ0v) is 9.84. The van der Waals surface area contributed by atoms with Crippen LogP contribution in [0.15, 0.2) is 12.1 Å². The lowest BCUT2D eigenvalue weighted by Gasteiger charge is -2.08. The molecule has 0 bridgehead atoms. The molecule has 0 aromatic heterocycles. The van der Waals surface area contributed by atoms with Gasteiger partial charge in [0, 0.05) is 6.61 Å². The minimum Gasteiger partial charge on any atom is -0.507 e. The van der Waals surface area contributed by atoms with E-state index in [0.29, 0.717) is 12.4 Å².